The monoisotopic (exact) mass is 527 g/mol. The van der Waals surface area contributed by atoms with Gasteiger partial charge in [-0.25, -0.2) is 0 Å². The van der Waals surface area contributed by atoms with Crippen molar-refractivity contribution in [1.82, 2.24) is 20.1 Å². The van der Waals surface area contributed by atoms with Crippen molar-refractivity contribution < 1.29 is 9.59 Å². The van der Waals surface area contributed by atoms with Crippen LogP contribution >= 0.6 is 50.9 Å². The fourth-order valence-electron chi connectivity index (χ4n) is 2.43. The molecule has 1 heterocycles. The van der Waals surface area contributed by atoms with Crippen molar-refractivity contribution in [3.63, 3.8) is 0 Å². The molecule has 0 saturated heterocycles. The zero-order valence-corrected chi connectivity index (χ0v) is 19.6. The fourth-order valence-corrected chi connectivity index (χ4v) is 3.92. The normalized spacial score (nSPS) is 10.7. The van der Waals surface area contributed by atoms with Crippen LogP contribution in [0.2, 0.25) is 10.0 Å². The number of aromatic nitrogens is 3. The summed E-state index contributed by atoms with van der Waals surface area (Å²) in [6.07, 6.45) is 0. The average molecular weight is 529 g/mol. The van der Waals surface area contributed by atoms with E-state index in [-0.39, 0.29) is 24.1 Å². The molecule has 156 valence electrons. The van der Waals surface area contributed by atoms with Gasteiger partial charge in [0.15, 0.2) is 11.0 Å². The van der Waals surface area contributed by atoms with Gasteiger partial charge in [-0.05, 0) is 46.3 Å². The van der Waals surface area contributed by atoms with Gasteiger partial charge in [-0.15, -0.1) is 10.2 Å². The summed E-state index contributed by atoms with van der Waals surface area (Å²) < 4.78 is 2.45. The van der Waals surface area contributed by atoms with Gasteiger partial charge in [0.05, 0.1) is 27.9 Å². The van der Waals surface area contributed by atoms with Crippen LogP contribution in [-0.4, -0.2) is 32.3 Å². The topological polar surface area (TPSA) is 88.9 Å². The molecule has 0 fully saturated rings. The van der Waals surface area contributed by atoms with Gasteiger partial charge >= 0.3 is 0 Å². The Morgan fingerprint density at radius 3 is 2.63 bits per heavy atom. The molecule has 2 amide bonds. The lowest BCUT2D eigenvalue weighted by molar-refractivity contribution is -0.113. The van der Waals surface area contributed by atoms with Gasteiger partial charge in [-0.3, -0.25) is 9.59 Å². The number of benzene rings is 2. The zero-order chi connectivity index (χ0) is 21.7. The Bertz CT molecular complexity index is 1090. The van der Waals surface area contributed by atoms with Crippen LogP contribution in [0.4, 0.5) is 5.69 Å². The molecule has 0 aliphatic carbocycles. The molecule has 2 aromatic carbocycles. The Balaban J connectivity index is 1.53. The highest BCUT2D eigenvalue weighted by Gasteiger charge is 2.14. The predicted molar refractivity (Wildman–Crippen MR) is 122 cm³/mol. The lowest BCUT2D eigenvalue weighted by atomic mass is 10.2. The molecule has 0 bridgehead atoms. The first-order chi connectivity index (χ1) is 14.3. The predicted octanol–water partition coefficient (Wildman–Crippen LogP) is 4.55. The summed E-state index contributed by atoms with van der Waals surface area (Å²) in [5, 5.41) is 15.1. The number of anilines is 1. The van der Waals surface area contributed by atoms with E-state index in [2.05, 4.69) is 36.8 Å². The summed E-state index contributed by atoms with van der Waals surface area (Å²) in [6.45, 7) is 0.208. The highest BCUT2D eigenvalue weighted by atomic mass is 79.9. The maximum Gasteiger partial charge on any atom is 0.252 e. The minimum Gasteiger partial charge on any atom is -0.345 e. The van der Waals surface area contributed by atoms with Crippen LogP contribution in [-0.2, 0) is 18.4 Å². The van der Waals surface area contributed by atoms with E-state index in [9.17, 15) is 9.59 Å². The third-order valence-electron chi connectivity index (χ3n) is 3.99. The van der Waals surface area contributed by atoms with Crippen LogP contribution in [0.25, 0.3) is 0 Å². The van der Waals surface area contributed by atoms with E-state index in [0.717, 1.165) is 0 Å². The second kappa shape index (κ2) is 10.3. The number of rotatable bonds is 7. The van der Waals surface area contributed by atoms with Gasteiger partial charge in [-0.2, -0.15) is 0 Å². The van der Waals surface area contributed by atoms with Crippen molar-refractivity contribution >= 4 is 68.4 Å². The average Bonchev–Trinajstić information content (AvgIpc) is 3.07. The molecule has 0 aliphatic rings. The van der Waals surface area contributed by atoms with Crippen LogP contribution in [0.3, 0.4) is 0 Å². The third-order valence-corrected chi connectivity index (χ3v) is 6.44. The van der Waals surface area contributed by atoms with Crippen LogP contribution in [0.15, 0.2) is 52.1 Å². The second-order valence-electron chi connectivity index (χ2n) is 6.09. The molecule has 0 unspecified atom stereocenters. The molecule has 0 spiro atoms. The number of carbonyl (C=O) groups excluding carboxylic acids is 2. The van der Waals surface area contributed by atoms with Gasteiger partial charge < -0.3 is 15.2 Å². The smallest absolute Gasteiger partial charge is 0.252 e. The van der Waals surface area contributed by atoms with Gasteiger partial charge in [0.1, 0.15) is 0 Å². The number of hydrogen-bond acceptors (Lipinski definition) is 5. The first-order valence-electron chi connectivity index (χ1n) is 8.64. The number of carbonyl (C=O) groups is 2. The first kappa shape index (κ1) is 22.6. The molecule has 11 heteroatoms. The Kier molecular flexibility index (Phi) is 7.76. The molecule has 3 aromatic rings. The molecular weight excluding hydrogens is 513 g/mol. The maximum atomic E-state index is 12.3. The van der Waals surface area contributed by atoms with Crippen LogP contribution in [0, 0.1) is 0 Å². The Morgan fingerprint density at radius 1 is 1.13 bits per heavy atom. The van der Waals surface area contributed by atoms with E-state index in [1.54, 1.807) is 48.0 Å². The highest BCUT2D eigenvalue weighted by Crippen LogP contribution is 2.25. The Hall–Kier alpha value is -2.07. The molecule has 0 radical (unpaired) electrons. The van der Waals surface area contributed by atoms with Crippen molar-refractivity contribution in [3.05, 3.63) is 68.4 Å². The summed E-state index contributed by atoms with van der Waals surface area (Å²) in [4.78, 5) is 24.5. The second-order valence-corrected chi connectivity index (χ2v) is 8.70. The number of nitrogens with one attached hydrogen (secondary N) is 2. The van der Waals surface area contributed by atoms with Gasteiger partial charge in [0.25, 0.3) is 5.91 Å². The summed E-state index contributed by atoms with van der Waals surface area (Å²) in [7, 11) is 1.78. The van der Waals surface area contributed by atoms with Crippen molar-refractivity contribution in [2.75, 3.05) is 11.1 Å². The van der Waals surface area contributed by atoms with E-state index in [1.807, 2.05) is 6.07 Å². The van der Waals surface area contributed by atoms with Crippen LogP contribution < -0.4 is 10.6 Å². The van der Waals surface area contributed by atoms with Gasteiger partial charge in [0, 0.05) is 17.2 Å². The fraction of sp³-hybridized carbons (Fsp3) is 0.158. The Morgan fingerprint density at radius 2 is 1.90 bits per heavy atom. The van der Waals surface area contributed by atoms with Crippen molar-refractivity contribution in [2.45, 2.75) is 11.7 Å². The van der Waals surface area contributed by atoms with Gasteiger partial charge in [0.2, 0.25) is 5.91 Å². The van der Waals surface area contributed by atoms with Gasteiger partial charge in [-0.1, -0.05) is 47.1 Å². The summed E-state index contributed by atoms with van der Waals surface area (Å²) in [5.74, 6) is 0.267. The van der Waals surface area contributed by atoms with E-state index in [0.29, 0.717) is 36.7 Å². The minimum absolute atomic E-state index is 0.134. The molecule has 2 N–H and O–H groups in total. The van der Waals surface area contributed by atoms with Crippen molar-refractivity contribution in [1.29, 1.82) is 0 Å². The van der Waals surface area contributed by atoms with E-state index in [4.69, 9.17) is 23.2 Å². The van der Waals surface area contributed by atoms with Crippen LogP contribution in [0.1, 0.15) is 16.2 Å². The molecule has 0 aliphatic heterocycles. The van der Waals surface area contributed by atoms with E-state index < -0.39 is 0 Å². The van der Waals surface area contributed by atoms with Crippen LogP contribution in [0.5, 0.6) is 0 Å². The number of amides is 2. The molecule has 0 atom stereocenters. The zero-order valence-electron chi connectivity index (χ0n) is 15.7. The number of hydrogen-bond donors (Lipinski definition) is 2. The number of nitrogens with zero attached hydrogens (tertiary/aromatic N) is 3. The molecule has 0 saturated carbocycles. The Labute approximate surface area is 195 Å². The summed E-state index contributed by atoms with van der Waals surface area (Å²) in [5.41, 5.74) is 1.09. The number of thioether (sulfide) groups is 1. The maximum absolute atomic E-state index is 12.3. The summed E-state index contributed by atoms with van der Waals surface area (Å²) >= 11 is 16.4. The van der Waals surface area contributed by atoms with E-state index >= 15 is 0 Å². The van der Waals surface area contributed by atoms with Crippen molar-refractivity contribution in [3.8, 4) is 0 Å². The summed E-state index contributed by atoms with van der Waals surface area (Å²) in [6, 6.07) is 12.0. The lowest BCUT2D eigenvalue weighted by Crippen LogP contribution is -2.24. The third kappa shape index (κ3) is 5.75. The molecule has 30 heavy (non-hydrogen) atoms. The first-order valence-corrected chi connectivity index (χ1v) is 11.2. The number of halogens is 3. The lowest BCUT2D eigenvalue weighted by Gasteiger charge is -2.08. The SMILES string of the molecule is Cn1c(CNC(=O)c2ccccc2Br)nnc1SCC(=O)Nc1ccc(Cl)c(Cl)c1. The molecular formula is C19H16BrCl2N5O2S. The van der Waals surface area contributed by atoms with E-state index in [1.165, 1.54) is 11.8 Å². The van der Waals surface area contributed by atoms with Crippen molar-refractivity contribution in [2.24, 2.45) is 7.05 Å². The molecule has 1 aromatic heterocycles. The molecule has 7 nitrogen and oxygen atoms in total. The highest BCUT2D eigenvalue weighted by molar-refractivity contribution is 9.10. The standard InChI is InChI=1S/C19H16BrCl2N5O2S/c1-27-16(9-23-18(29)12-4-2-3-5-13(12)20)25-26-19(27)30-10-17(28)24-11-6-7-14(21)15(22)8-11/h2-8H,9-10H2,1H3,(H,23,29)(H,24,28). The minimum atomic E-state index is -0.222. The molecule has 3 rings (SSSR count). The largest absolute Gasteiger partial charge is 0.345 e. The quantitative estimate of drug-likeness (QED) is 0.439.